The number of rotatable bonds is 7. The van der Waals surface area contributed by atoms with Crippen LogP contribution in [0.4, 0.5) is 0 Å². The maximum Gasteiger partial charge on any atom is 0.319 e. The van der Waals surface area contributed by atoms with Crippen LogP contribution in [0, 0.1) is 0 Å². The van der Waals surface area contributed by atoms with Gasteiger partial charge in [-0.3, -0.25) is 4.79 Å². The van der Waals surface area contributed by atoms with Gasteiger partial charge in [-0.25, -0.2) is 0 Å². The summed E-state index contributed by atoms with van der Waals surface area (Å²) in [6.45, 7) is 2.24. The molecule has 4 heteroatoms. The highest BCUT2D eigenvalue weighted by Gasteiger charge is 2.15. The molecular formula is C14H19BrO3. The van der Waals surface area contributed by atoms with E-state index < -0.39 is 0 Å². The van der Waals surface area contributed by atoms with Gasteiger partial charge in [-0.2, -0.15) is 0 Å². The van der Waals surface area contributed by atoms with Gasteiger partial charge in [-0.1, -0.05) is 34.1 Å². The highest BCUT2D eigenvalue weighted by atomic mass is 79.9. The number of carbonyl (C=O) groups excluding carboxylic acids is 1. The van der Waals surface area contributed by atoms with Crippen LogP contribution < -0.4 is 4.74 Å². The predicted molar refractivity (Wildman–Crippen MR) is 75.3 cm³/mol. The number of benzene rings is 1. The van der Waals surface area contributed by atoms with Gasteiger partial charge in [0.2, 0.25) is 0 Å². The normalized spacial score (nSPS) is 11.9. The van der Waals surface area contributed by atoms with Crippen molar-refractivity contribution in [1.82, 2.24) is 0 Å². The molecule has 0 spiro atoms. The molecule has 0 aliphatic rings. The Labute approximate surface area is 117 Å². The lowest BCUT2D eigenvalue weighted by Crippen LogP contribution is -2.17. The van der Waals surface area contributed by atoms with Crippen LogP contribution in [0.5, 0.6) is 5.75 Å². The van der Waals surface area contributed by atoms with E-state index in [9.17, 15) is 4.79 Å². The van der Waals surface area contributed by atoms with E-state index in [2.05, 4.69) is 15.9 Å². The summed E-state index contributed by atoms with van der Waals surface area (Å²) in [4.78, 5) is 11.2. The van der Waals surface area contributed by atoms with Crippen LogP contribution in [0.25, 0.3) is 0 Å². The Bertz CT molecular complexity index is 379. The molecule has 0 N–H and O–H groups in total. The van der Waals surface area contributed by atoms with Crippen molar-refractivity contribution in [3.05, 3.63) is 29.8 Å². The second-order valence-electron chi connectivity index (χ2n) is 3.92. The summed E-state index contributed by atoms with van der Waals surface area (Å²) in [6.07, 6.45) is 2.57. The van der Waals surface area contributed by atoms with Crippen molar-refractivity contribution < 1.29 is 14.3 Å². The van der Waals surface area contributed by atoms with E-state index in [-0.39, 0.29) is 10.8 Å². The number of para-hydroxylation sites is 1. The van der Waals surface area contributed by atoms with Crippen LogP contribution in [0.3, 0.4) is 0 Å². The molecule has 0 heterocycles. The zero-order chi connectivity index (χ0) is 13.4. The lowest BCUT2D eigenvalue weighted by molar-refractivity contribution is -0.142. The Hall–Kier alpha value is -1.03. The number of hydrogen-bond acceptors (Lipinski definition) is 3. The first-order chi connectivity index (χ1) is 8.69. The number of carbonyl (C=O) groups is 1. The molecule has 0 saturated heterocycles. The third-order valence-corrected chi connectivity index (χ3v) is 3.47. The second kappa shape index (κ2) is 8.14. The highest BCUT2D eigenvalue weighted by Crippen LogP contribution is 2.21. The molecule has 0 radical (unpaired) electrons. The van der Waals surface area contributed by atoms with Gasteiger partial charge in [0.25, 0.3) is 0 Å². The molecule has 3 nitrogen and oxygen atoms in total. The molecule has 0 aliphatic heterocycles. The summed E-state index contributed by atoms with van der Waals surface area (Å²) in [5, 5.41) is 0. The summed E-state index contributed by atoms with van der Waals surface area (Å²) >= 11 is 3.35. The molecule has 100 valence electrons. The molecule has 1 unspecified atom stereocenters. The highest BCUT2D eigenvalue weighted by molar-refractivity contribution is 9.10. The lowest BCUT2D eigenvalue weighted by atomic mass is 10.1. The van der Waals surface area contributed by atoms with Gasteiger partial charge >= 0.3 is 5.97 Å². The summed E-state index contributed by atoms with van der Waals surface area (Å²) < 4.78 is 10.2. The molecule has 0 saturated carbocycles. The smallest absolute Gasteiger partial charge is 0.319 e. The van der Waals surface area contributed by atoms with Crippen LogP contribution in [0.1, 0.15) is 25.3 Å². The van der Waals surface area contributed by atoms with Crippen LogP contribution in [0.15, 0.2) is 24.3 Å². The van der Waals surface area contributed by atoms with Crippen LogP contribution >= 0.6 is 15.9 Å². The minimum absolute atomic E-state index is 0.183. The Kier molecular flexibility index (Phi) is 6.80. The molecule has 0 bridgehead atoms. The minimum Gasteiger partial charge on any atom is -0.496 e. The maximum atomic E-state index is 11.4. The molecule has 0 amide bonds. The number of halogens is 1. The fourth-order valence-corrected chi connectivity index (χ4v) is 2.19. The van der Waals surface area contributed by atoms with Crippen molar-refractivity contribution in [2.24, 2.45) is 0 Å². The Morgan fingerprint density at radius 1 is 1.39 bits per heavy atom. The van der Waals surface area contributed by atoms with Gasteiger partial charge < -0.3 is 9.47 Å². The number of esters is 1. The average molecular weight is 315 g/mol. The SMILES string of the molecule is CCOC(=O)C(Br)CCCc1ccccc1OC. The molecule has 1 aromatic carbocycles. The van der Waals surface area contributed by atoms with Gasteiger partial charge in [0.1, 0.15) is 10.6 Å². The monoisotopic (exact) mass is 314 g/mol. The Morgan fingerprint density at radius 3 is 2.78 bits per heavy atom. The van der Waals surface area contributed by atoms with E-state index in [1.54, 1.807) is 7.11 Å². The molecular weight excluding hydrogens is 296 g/mol. The number of hydrogen-bond donors (Lipinski definition) is 0. The van der Waals surface area contributed by atoms with Crippen LogP contribution in [-0.4, -0.2) is 24.5 Å². The fraction of sp³-hybridized carbons (Fsp3) is 0.500. The molecule has 0 aliphatic carbocycles. The van der Waals surface area contributed by atoms with Crippen molar-refractivity contribution in [1.29, 1.82) is 0 Å². The van der Waals surface area contributed by atoms with Crippen molar-refractivity contribution in [3.8, 4) is 5.75 Å². The number of aryl methyl sites for hydroxylation is 1. The predicted octanol–water partition coefficient (Wildman–Crippen LogP) is 3.34. The molecule has 0 fully saturated rings. The molecule has 1 atom stereocenters. The van der Waals surface area contributed by atoms with Crippen molar-refractivity contribution >= 4 is 21.9 Å². The third-order valence-electron chi connectivity index (χ3n) is 2.64. The van der Waals surface area contributed by atoms with Crippen molar-refractivity contribution in [3.63, 3.8) is 0 Å². The average Bonchev–Trinajstić information content (AvgIpc) is 2.39. The fourth-order valence-electron chi connectivity index (χ4n) is 1.73. The van der Waals surface area contributed by atoms with Gasteiger partial charge in [-0.05, 0) is 37.8 Å². The number of methoxy groups -OCH3 is 1. The van der Waals surface area contributed by atoms with Crippen LogP contribution in [-0.2, 0) is 16.0 Å². The van der Waals surface area contributed by atoms with Crippen LogP contribution in [0.2, 0.25) is 0 Å². The van der Waals surface area contributed by atoms with E-state index in [1.807, 2.05) is 31.2 Å². The molecule has 1 aromatic rings. The molecule has 18 heavy (non-hydrogen) atoms. The summed E-state index contributed by atoms with van der Waals surface area (Å²) in [7, 11) is 1.67. The summed E-state index contributed by atoms with van der Waals surface area (Å²) in [5.74, 6) is 0.720. The van der Waals surface area contributed by atoms with Gasteiger partial charge in [0, 0.05) is 0 Å². The second-order valence-corrected chi connectivity index (χ2v) is 5.03. The van der Waals surface area contributed by atoms with Crippen molar-refractivity contribution in [2.75, 3.05) is 13.7 Å². The van der Waals surface area contributed by atoms with E-state index in [0.717, 1.165) is 25.0 Å². The Balaban J connectivity index is 2.39. The minimum atomic E-state index is -0.216. The zero-order valence-corrected chi connectivity index (χ0v) is 12.4. The largest absolute Gasteiger partial charge is 0.496 e. The quantitative estimate of drug-likeness (QED) is 0.572. The third kappa shape index (κ3) is 4.69. The zero-order valence-electron chi connectivity index (χ0n) is 10.8. The van der Waals surface area contributed by atoms with Crippen molar-refractivity contribution in [2.45, 2.75) is 31.0 Å². The van der Waals surface area contributed by atoms with E-state index in [1.165, 1.54) is 5.56 Å². The maximum absolute atomic E-state index is 11.4. The van der Waals surface area contributed by atoms with Gasteiger partial charge in [-0.15, -0.1) is 0 Å². The summed E-state index contributed by atoms with van der Waals surface area (Å²) in [6, 6.07) is 7.95. The topological polar surface area (TPSA) is 35.5 Å². The number of alkyl halides is 1. The molecule has 1 rings (SSSR count). The first-order valence-corrected chi connectivity index (χ1v) is 7.03. The first kappa shape index (κ1) is 15.0. The van der Waals surface area contributed by atoms with E-state index in [0.29, 0.717) is 6.61 Å². The number of ether oxygens (including phenoxy) is 2. The summed E-state index contributed by atoms with van der Waals surface area (Å²) in [5.41, 5.74) is 1.17. The van der Waals surface area contributed by atoms with Gasteiger partial charge in [0.05, 0.1) is 13.7 Å². The molecule has 0 aromatic heterocycles. The lowest BCUT2D eigenvalue weighted by Gasteiger charge is -2.10. The van der Waals surface area contributed by atoms with E-state index >= 15 is 0 Å². The standard InChI is InChI=1S/C14H19BrO3/c1-3-18-14(16)12(15)9-6-8-11-7-4-5-10-13(11)17-2/h4-5,7,10,12H,3,6,8-9H2,1-2H3. The first-order valence-electron chi connectivity index (χ1n) is 6.11. The van der Waals surface area contributed by atoms with Gasteiger partial charge in [0.15, 0.2) is 0 Å². The van der Waals surface area contributed by atoms with E-state index in [4.69, 9.17) is 9.47 Å². The Morgan fingerprint density at radius 2 is 2.11 bits per heavy atom.